The minimum Gasteiger partial charge on any atom is -0.444 e. The zero-order valence-electron chi connectivity index (χ0n) is 22.5. The maximum atomic E-state index is 15.2. The molecule has 0 bridgehead atoms. The number of hydrogen-bond donors (Lipinski definition) is 4. The summed E-state index contributed by atoms with van der Waals surface area (Å²) in [5, 5.41) is 14.4. The first kappa shape index (κ1) is 27.2. The largest absolute Gasteiger partial charge is 0.444 e. The molecule has 2 amide bonds. The van der Waals surface area contributed by atoms with Crippen LogP contribution in [0.2, 0.25) is 0 Å². The van der Waals surface area contributed by atoms with Crippen LogP contribution < -0.4 is 21.7 Å². The molecule has 1 aromatic carbocycles. The van der Waals surface area contributed by atoms with Gasteiger partial charge in [0.2, 0.25) is 0 Å². The smallest absolute Gasteiger partial charge is 0.407 e. The molecule has 38 heavy (non-hydrogen) atoms. The van der Waals surface area contributed by atoms with Crippen LogP contribution in [0.4, 0.5) is 26.5 Å². The number of primary amides is 1. The molecule has 10 nitrogen and oxygen atoms in total. The molecule has 4 rings (SSSR count). The number of nitrogens with two attached hydrogens (primary N) is 1. The highest BCUT2D eigenvalue weighted by Gasteiger charge is 2.34. The first-order chi connectivity index (χ1) is 17.9. The average molecular weight is 526 g/mol. The van der Waals surface area contributed by atoms with Gasteiger partial charge in [-0.15, -0.1) is 0 Å². The highest BCUT2D eigenvalue weighted by Crippen LogP contribution is 2.34. The van der Waals surface area contributed by atoms with Crippen molar-refractivity contribution < 1.29 is 18.7 Å². The van der Waals surface area contributed by atoms with E-state index in [0.717, 1.165) is 42.8 Å². The number of carbonyl (C=O) groups excluding carboxylic acids is 2. The van der Waals surface area contributed by atoms with Gasteiger partial charge in [-0.1, -0.05) is 6.42 Å². The van der Waals surface area contributed by atoms with Crippen LogP contribution in [0.1, 0.15) is 64.2 Å². The Labute approximate surface area is 221 Å². The summed E-state index contributed by atoms with van der Waals surface area (Å²) in [6.07, 6.45) is 4.15. The first-order valence-electron chi connectivity index (χ1n) is 12.9. The lowest BCUT2D eigenvalue weighted by Crippen LogP contribution is -2.51. The number of ether oxygens (including phenoxy) is 1. The van der Waals surface area contributed by atoms with Crippen molar-refractivity contribution in [3.05, 3.63) is 41.8 Å². The molecule has 1 saturated carbocycles. The number of carbonyl (C=O) groups is 2. The van der Waals surface area contributed by atoms with Crippen LogP contribution >= 0.6 is 0 Å². The number of alkyl carbamates (subject to hydrolysis) is 1. The van der Waals surface area contributed by atoms with E-state index in [4.69, 9.17) is 10.5 Å². The molecule has 0 aliphatic heterocycles. The number of nitrogens with zero attached hydrogens (tertiary/aromatic N) is 3. The van der Waals surface area contributed by atoms with Gasteiger partial charge in [-0.25, -0.2) is 14.2 Å². The molecule has 0 spiro atoms. The fraction of sp³-hybridized carbons (Fsp3) is 0.481. The number of anilines is 3. The third-order valence-corrected chi connectivity index (χ3v) is 6.69. The van der Waals surface area contributed by atoms with Crippen molar-refractivity contribution in [3.63, 3.8) is 0 Å². The molecule has 0 saturated heterocycles. The van der Waals surface area contributed by atoms with Gasteiger partial charge >= 0.3 is 6.09 Å². The van der Waals surface area contributed by atoms with E-state index in [1.54, 1.807) is 27.0 Å². The summed E-state index contributed by atoms with van der Waals surface area (Å²) in [6, 6.07) is 6.03. The monoisotopic (exact) mass is 525 g/mol. The van der Waals surface area contributed by atoms with Crippen LogP contribution in [0.25, 0.3) is 10.9 Å². The first-order valence-corrected chi connectivity index (χ1v) is 12.9. The number of halogens is 1. The lowest BCUT2D eigenvalue weighted by Gasteiger charge is -2.38. The Morgan fingerprint density at radius 1 is 1.24 bits per heavy atom. The Kier molecular flexibility index (Phi) is 7.75. The molecule has 1 fully saturated rings. The molecule has 204 valence electrons. The fourth-order valence-electron chi connectivity index (χ4n) is 4.62. The minimum atomic E-state index is -0.805. The second kappa shape index (κ2) is 10.8. The van der Waals surface area contributed by atoms with Crippen LogP contribution in [0.5, 0.6) is 0 Å². The maximum absolute atomic E-state index is 15.2. The van der Waals surface area contributed by atoms with Crippen LogP contribution in [-0.2, 0) is 11.3 Å². The Morgan fingerprint density at radius 2 is 1.97 bits per heavy atom. The fourth-order valence-corrected chi connectivity index (χ4v) is 4.62. The molecule has 11 heteroatoms. The van der Waals surface area contributed by atoms with E-state index >= 15 is 4.39 Å². The van der Waals surface area contributed by atoms with Crippen molar-refractivity contribution in [2.45, 2.75) is 78.1 Å². The van der Waals surface area contributed by atoms with Gasteiger partial charge in [0.25, 0.3) is 5.91 Å². The van der Waals surface area contributed by atoms with E-state index in [-0.39, 0.29) is 35.2 Å². The molecular weight excluding hydrogens is 489 g/mol. The highest BCUT2D eigenvalue weighted by atomic mass is 19.1. The predicted molar refractivity (Wildman–Crippen MR) is 145 cm³/mol. The van der Waals surface area contributed by atoms with Crippen LogP contribution in [0.15, 0.2) is 30.5 Å². The zero-order chi connectivity index (χ0) is 27.6. The molecule has 3 aromatic rings. The average Bonchev–Trinajstić information content (AvgIpc) is 3.20. The van der Waals surface area contributed by atoms with Crippen molar-refractivity contribution in [2.75, 3.05) is 10.6 Å². The van der Waals surface area contributed by atoms with Gasteiger partial charge in [-0.05, 0) is 77.6 Å². The number of rotatable bonds is 9. The Morgan fingerprint density at radius 3 is 2.58 bits per heavy atom. The predicted octanol–water partition coefficient (Wildman–Crippen LogP) is 4.93. The van der Waals surface area contributed by atoms with Gasteiger partial charge in [0.15, 0.2) is 11.6 Å². The third-order valence-electron chi connectivity index (χ3n) is 6.69. The van der Waals surface area contributed by atoms with Gasteiger partial charge in [0.1, 0.15) is 11.4 Å². The van der Waals surface area contributed by atoms with Crippen LogP contribution in [-0.4, -0.2) is 44.4 Å². The summed E-state index contributed by atoms with van der Waals surface area (Å²) >= 11 is 0. The molecule has 1 aliphatic carbocycles. The maximum Gasteiger partial charge on any atom is 0.407 e. The van der Waals surface area contributed by atoms with Crippen LogP contribution in [0, 0.1) is 11.7 Å². The molecule has 5 N–H and O–H groups in total. The third kappa shape index (κ3) is 6.15. The van der Waals surface area contributed by atoms with Crippen molar-refractivity contribution >= 4 is 40.2 Å². The van der Waals surface area contributed by atoms with Gasteiger partial charge in [-0.2, -0.15) is 5.10 Å². The Balaban J connectivity index is 1.60. The van der Waals surface area contributed by atoms with Crippen molar-refractivity contribution in [1.29, 1.82) is 0 Å². The van der Waals surface area contributed by atoms with Crippen molar-refractivity contribution in [2.24, 2.45) is 11.7 Å². The minimum absolute atomic E-state index is 0.0351. The Bertz CT molecular complexity index is 1330. The molecule has 0 unspecified atom stereocenters. The number of hydrogen-bond acceptors (Lipinski definition) is 7. The number of pyridine rings is 1. The van der Waals surface area contributed by atoms with E-state index in [2.05, 4.69) is 26.0 Å². The van der Waals surface area contributed by atoms with Gasteiger partial charge in [-0.3, -0.25) is 9.48 Å². The number of amides is 2. The Hall–Kier alpha value is -3.89. The van der Waals surface area contributed by atoms with E-state index in [0.29, 0.717) is 5.69 Å². The molecule has 2 heterocycles. The molecule has 2 aromatic heterocycles. The summed E-state index contributed by atoms with van der Waals surface area (Å²) < 4.78 is 22.5. The van der Waals surface area contributed by atoms with E-state index in [1.165, 1.54) is 0 Å². The van der Waals surface area contributed by atoms with Gasteiger partial charge in [0, 0.05) is 23.7 Å². The summed E-state index contributed by atoms with van der Waals surface area (Å²) in [5.74, 6) is -1.21. The summed E-state index contributed by atoms with van der Waals surface area (Å²) in [4.78, 5) is 29.0. The number of nitrogens with one attached hydrogen (secondary N) is 3. The standard InChI is InChI=1S/C27H36FN7O3/c1-6-35-21-11-10-18(12-17(21)14-30-35)32-24-19(23(29)36)13-20(28)25(34-24)33-22(16-8-7-9-16)15(2)31-26(37)38-27(3,4)5/h10-16,22H,6-9H2,1-5H3,(H2,29,36)(H,31,37)(H2,32,33,34)/t15-,22-/m0/s1. The van der Waals surface area contributed by atoms with E-state index in [9.17, 15) is 9.59 Å². The summed E-state index contributed by atoms with van der Waals surface area (Å²) in [5.41, 5.74) is 6.46. The number of benzene rings is 1. The zero-order valence-corrected chi connectivity index (χ0v) is 22.5. The topological polar surface area (TPSA) is 136 Å². The van der Waals surface area contributed by atoms with Gasteiger partial charge in [0.05, 0.1) is 23.3 Å². The molecular formula is C27H36FN7O3. The van der Waals surface area contributed by atoms with E-state index in [1.807, 2.05) is 36.7 Å². The lowest BCUT2D eigenvalue weighted by molar-refractivity contribution is 0.0492. The number of aryl methyl sites for hydroxylation is 1. The summed E-state index contributed by atoms with van der Waals surface area (Å²) in [6.45, 7) is 9.97. The SMILES string of the molecule is CCn1ncc2cc(Nc3nc(N[C@H](C4CCC4)[C@H](C)NC(=O)OC(C)(C)C)c(F)cc3C(N)=O)ccc21. The molecule has 2 atom stereocenters. The highest BCUT2D eigenvalue weighted by molar-refractivity contribution is 5.99. The van der Waals surface area contributed by atoms with Crippen molar-refractivity contribution in [1.82, 2.24) is 20.1 Å². The quantitative estimate of drug-likeness (QED) is 0.311. The van der Waals surface area contributed by atoms with E-state index < -0.39 is 23.4 Å². The second-order valence-electron chi connectivity index (χ2n) is 10.7. The number of aromatic nitrogens is 3. The van der Waals surface area contributed by atoms with Crippen molar-refractivity contribution in [3.8, 4) is 0 Å². The molecule has 0 radical (unpaired) electrons. The normalized spacial score (nSPS) is 15.4. The van der Waals surface area contributed by atoms with Crippen LogP contribution in [0.3, 0.4) is 0 Å². The van der Waals surface area contributed by atoms with Gasteiger partial charge < -0.3 is 26.4 Å². The number of fused-ring (bicyclic) bond motifs is 1. The lowest BCUT2D eigenvalue weighted by atomic mass is 9.77. The molecule has 1 aliphatic rings. The summed E-state index contributed by atoms with van der Waals surface area (Å²) in [7, 11) is 0. The second-order valence-corrected chi connectivity index (χ2v) is 10.7.